The molecule has 0 radical (unpaired) electrons. The third kappa shape index (κ3) is 5.25. The highest BCUT2D eigenvalue weighted by molar-refractivity contribution is 5.73. The van der Waals surface area contributed by atoms with Crippen LogP contribution in [0.3, 0.4) is 0 Å². The summed E-state index contributed by atoms with van der Waals surface area (Å²) in [5.74, 6) is 1.46. The van der Waals surface area contributed by atoms with Crippen molar-refractivity contribution in [2.24, 2.45) is 5.92 Å². The number of amides is 2. The predicted octanol–water partition coefficient (Wildman–Crippen LogP) is 1.19. The molecule has 1 fully saturated rings. The normalized spacial score (nSPS) is 18.0. The third-order valence-electron chi connectivity index (χ3n) is 4.37. The second-order valence-corrected chi connectivity index (χ2v) is 6.52. The Labute approximate surface area is 147 Å². The minimum atomic E-state index is -0.148. The Morgan fingerprint density at radius 1 is 1.36 bits per heavy atom. The summed E-state index contributed by atoms with van der Waals surface area (Å²) < 4.78 is 1.59. The molecule has 2 aromatic heterocycles. The number of aromatic nitrogens is 4. The average Bonchev–Trinajstić information content (AvgIpc) is 3.15. The zero-order valence-electron chi connectivity index (χ0n) is 14.6. The summed E-state index contributed by atoms with van der Waals surface area (Å²) >= 11 is 0. The molecule has 1 atom stereocenters. The van der Waals surface area contributed by atoms with Gasteiger partial charge in [0.25, 0.3) is 0 Å². The molecular formula is C17H25N7O. The van der Waals surface area contributed by atoms with Gasteiger partial charge in [0.15, 0.2) is 5.82 Å². The van der Waals surface area contributed by atoms with Crippen LogP contribution in [0.1, 0.15) is 25.3 Å². The lowest BCUT2D eigenvalue weighted by atomic mass is 10.0. The molecule has 3 heterocycles. The summed E-state index contributed by atoms with van der Waals surface area (Å²) in [5.41, 5.74) is 0.934. The minimum Gasteiger partial charge on any atom is -0.337 e. The van der Waals surface area contributed by atoms with Crippen LogP contribution in [-0.2, 0) is 6.54 Å². The number of likely N-dealkylation sites (tertiary alicyclic amines) is 1. The van der Waals surface area contributed by atoms with Gasteiger partial charge < -0.3 is 15.5 Å². The number of piperidine rings is 1. The van der Waals surface area contributed by atoms with Crippen LogP contribution in [0.25, 0.3) is 5.82 Å². The molecule has 0 aromatic carbocycles. The maximum absolute atomic E-state index is 11.9. The van der Waals surface area contributed by atoms with Crippen LogP contribution in [0.15, 0.2) is 31.0 Å². The van der Waals surface area contributed by atoms with E-state index in [0.717, 1.165) is 31.1 Å². The van der Waals surface area contributed by atoms with Gasteiger partial charge in [0.1, 0.15) is 12.7 Å². The van der Waals surface area contributed by atoms with E-state index in [1.54, 1.807) is 17.2 Å². The number of carbonyl (C=O) groups is 1. The van der Waals surface area contributed by atoms with E-state index in [1.807, 2.05) is 12.1 Å². The van der Waals surface area contributed by atoms with E-state index in [-0.39, 0.29) is 6.03 Å². The van der Waals surface area contributed by atoms with Crippen molar-refractivity contribution < 1.29 is 4.79 Å². The predicted molar refractivity (Wildman–Crippen MR) is 94.2 cm³/mol. The van der Waals surface area contributed by atoms with E-state index in [0.29, 0.717) is 18.9 Å². The van der Waals surface area contributed by atoms with Crippen LogP contribution >= 0.6 is 0 Å². The molecule has 0 bridgehead atoms. The van der Waals surface area contributed by atoms with Gasteiger partial charge in [-0.25, -0.2) is 19.4 Å². The van der Waals surface area contributed by atoms with Gasteiger partial charge in [0.05, 0.1) is 0 Å². The monoisotopic (exact) mass is 343 g/mol. The number of rotatable bonds is 6. The lowest BCUT2D eigenvalue weighted by Gasteiger charge is -2.30. The zero-order valence-corrected chi connectivity index (χ0v) is 14.6. The molecular weight excluding hydrogens is 318 g/mol. The van der Waals surface area contributed by atoms with Gasteiger partial charge in [-0.1, -0.05) is 13.0 Å². The number of carbonyl (C=O) groups excluding carboxylic acids is 1. The van der Waals surface area contributed by atoms with Crippen molar-refractivity contribution in [2.45, 2.75) is 26.3 Å². The van der Waals surface area contributed by atoms with Crippen LogP contribution in [0.2, 0.25) is 0 Å². The number of urea groups is 1. The van der Waals surface area contributed by atoms with Gasteiger partial charge >= 0.3 is 6.03 Å². The second-order valence-electron chi connectivity index (χ2n) is 6.52. The first-order valence-electron chi connectivity index (χ1n) is 8.74. The third-order valence-corrected chi connectivity index (χ3v) is 4.37. The second kappa shape index (κ2) is 8.57. The van der Waals surface area contributed by atoms with Crippen molar-refractivity contribution in [3.8, 4) is 5.82 Å². The zero-order chi connectivity index (χ0) is 17.5. The molecule has 2 amide bonds. The highest BCUT2D eigenvalue weighted by Gasteiger charge is 2.15. The fourth-order valence-electron chi connectivity index (χ4n) is 3.05. The van der Waals surface area contributed by atoms with Crippen molar-refractivity contribution >= 4 is 6.03 Å². The van der Waals surface area contributed by atoms with Crippen LogP contribution in [0.4, 0.5) is 4.79 Å². The quantitative estimate of drug-likeness (QED) is 0.823. The molecule has 3 rings (SSSR count). The number of hydrogen-bond donors (Lipinski definition) is 2. The fourth-order valence-corrected chi connectivity index (χ4v) is 3.05. The van der Waals surface area contributed by atoms with E-state index in [2.05, 4.69) is 37.5 Å². The Hall–Kier alpha value is -2.48. The maximum Gasteiger partial charge on any atom is 0.315 e. The standard InChI is InChI=1S/C17H25N7O/c1-14-3-2-7-23(11-14)8-6-19-17(25)21-10-15-4-5-16(20-9-15)24-13-18-12-22-24/h4-5,9,12-14H,2-3,6-8,10-11H2,1H3,(H2,19,21,25)/t14-/m1/s1. The van der Waals surface area contributed by atoms with Gasteiger partial charge in [-0.05, 0) is 36.9 Å². The van der Waals surface area contributed by atoms with Crippen molar-refractivity contribution in [2.75, 3.05) is 26.2 Å². The molecule has 0 saturated carbocycles. The van der Waals surface area contributed by atoms with Gasteiger partial charge in [-0.3, -0.25) is 0 Å². The molecule has 0 spiro atoms. The Morgan fingerprint density at radius 2 is 2.28 bits per heavy atom. The van der Waals surface area contributed by atoms with E-state index in [9.17, 15) is 4.79 Å². The van der Waals surface area contributed by atoms with E-state index >= 15 is 0 Å². The smallest absolute Gasteiger partial charge is 0.315 e. The number of nitrogens with zero attached hydrogens (tertiary/aromatic N) is 5. The summed E-state index contributed by atoms with van der Waals surface area (Å²) in [6.45, 7) is 6.57. The lowest BCUT2D eigenvalue weighted by molar-refractivity contribution is 0.184. The first-order valence-corrected chi connectivity index (χ1v) is 8.74. The maximum atomic E-state index is 11.9. The van der Waals surface area contributed by atoms with Crippen LogP contribution in [0.5, 0.6) is 0 Å². The van der Waals surface area contributed by atoms with Crippen molar-refractivity contribution in [3.63, 3.8) is 0 Å². The summed E-state index contributed by atoms with van der Waals surface area (Å²) in [4.78, 5) is 22.5. The highest BCUT2D eigenvalue weighted by Crippen LogP contribution is 2.14. The van der Waals surface area contributed by atoms with E-state index in [4.69, 9.17) is 0 Å². The topological polar surface area (TPSA) is 88.0 Å². The molecule has 0 aliphatic carbocycles. The molecule has 8 nitrogen and oxygen atoms in total. The van der Waals surface area contributed by atoms with E-state index < -0.39 is 0 Å². The van der Waals surface area contributed by atoms with E-state index in [1.165, 1.54) is 19.2 Å². The Kier molecular flexibility index (Phi) is 5.95. The van der Waals surface area contributed by atoms with Crippen LogP contribution in [0, 0.1) is 5.92 Å². The van der Waals surface area contributed by atoms with Crippen molar-refractivity contribution in [1.29, 1.82) is 0 Å². The van der Waals surface area contributed by atoms with Gasteiger partial charge in [-0.2, -0.15) is 5.10 Å². The molecule has 1 aliphatic heterocycles. The molecule has 8 heteroatoms. The first kappa shape index (κ1) is 17.3. The first-order chi connectivity index (χ1) is 12.2. The largest absolute Gasteiger partial charge is 0.337 e. The summed E-state index contributed by atoms with van der Waals surface area (Å²) in [7, 11) is 0. The van der Waals surface area contributed by atoms with Gasteiger partial charge in [0.2, 0.25) is 0 Å². The summed E-state index contributed by atoms with van der Waals surface area (Å²) in [6.07, 6.45) is 7.36. The molecule has 2 N–H and O–H groups in total. The Morgan fingerprint density at radius 3 is 3.00 bits per heavy atom. The number of nitrogens with one attached hydrogen (secondary N) is 2. The molecule has 2 aromatic rings. The molecule has 1 saturated heterocycles. The molecule has 1 aliphatic rings. The number of hydrogen-bond acceptors (Lipinski definition) is 5. The summed E-state index contributed by atoms with van der Waals surface area (Å²) in [5, 5.41) is 9.80. The Bertz CT molecular complexity index is 656. The fraction of sp³-hybridized carbons (Fsp3) is 0.529. The SMILES string of the molecule is C[C@@H]1CCCN(CCNC(=O)NCc2ccc(-n3cncn3)nc2)C1. The summed E-state index contributed by atoms with van der Waals surface area (Å²) in [6, 6.07) is 3.62. The average molecular weight is 343 g/mol. The molecule has 25 heavy (non-hydrogen) atoms. The molecule has 0 unspecified atom stereocenters. The van der Waals surface area contributed by atoms with Crippen molar-refractivity contribution in [3.05, 3.63) is 36.5 Å². The van der Waals surface area contributed by atoms with Crippen LogP contribution in [-0.4, -0.2) is 56.9 Å². The van der Waals surface area contributed by atoms with Gasteiger partial charge in [0, 0.05) is 32.4 Å². The number of pyridine rings is 1. The minimum absolute atomic E-state index is 0.148. The van der Waals surface area contributed by atoms with Crippen LogP contribution < -0.4 is 10.6 Å². The highest BCUT2D eigenvalue weighted by atomic mass is 16.2. The molecule has 134 valence electrons. The van der Waals surface area contributed by atoms with Gasteiger partial charge in [-0.15, -0.1) is 0 Å². The lowest BCUT2D eigenvalue weighted by Crippen LogP contribution is -2.42. The Balaban J connectivity index is 1.36. The van der Waals surface area contributed by atoms with Crippen molar-refractivity contribution in [1.82, 2.24) is 35.3 Å².